The topological polar surface area (TPSA) is 71.8 Å². The van der Waals surface area contributed by atoms with Crippen LogP contribution in [0.4, 0.5) is 11.4 Å². The summed E-state index contributed by atoms with van der Waals surface area (Å²) in [7, 11) is 0. The van der Waals surface area contributed by atoms with Crippen molar-refractivity contribution >= 4 is 40.9 Å². The maximum atomic E-state index is 9.67. The third-order valence-electron chi connectivity index (χ3n) is 2.85. The quantitative estimate of drug-likeness (QED) is 0.755. The van der Waals surface area contributed by atoms with Gasteiger partial charge in [-0.05, 0) is 12.1 Å². The van der Waals surface area contributed by atoms with E-state index in [9.17, 15) is 10.2 Å². The lowest BCUT2D eigenvalue weighted by atomic mass is 10.1. The number of benzene rings is 1. The lowest BCUT2D eigenvalue weighted by molar-refractivity contribution is 0.425. The molecule has 0 fully saturated rings. The number of hydrogen-bond donors (Lipinski definition) is 3. The number of fused-ring (bicyclic) bond motifs is 1. The van der Waals surface area contributed by atoms with Crippen molar-refractivity contribution in [3.63, 3.8) is 0 Å². The van der Waals surface area contributed by atoms with Crippen molar-refractivity contribution in [3.8, 4) is 11.8 Å². The van der Waals surface area contributed by atoms with E-state index in [1.807, 2.05) is 0 Å². The van der Waals surface area contributed by atoms with Crippen molar-refractivity contribution in [2.75, 3.05) is 4.90 Å². The Kier molecular flexibility index (Phi) is 2.80. The van der Waals surface area contributed by atoms with Crippen LogP contribution in [-0.2, 0) is 6.54 Å². The van der Waals surface area contributed by atoms with Gasteiger partial charge in [0.2, 0.25) is 5.88 Å². The molecule has 1 aliphatic rings. The number of aliphatic imine (C=N–C) groups is 1. The van der Waals surface area contributed by atoms with Crippen molar-refractivity contribution in [3.05, 3.63) is 33.8 Å². The minimum atomic E-state index is -0.125. The Labute approximate surface area is 118 Å². The Hall–Kier alpha value is -1.85. The number of hydrogen-bond acceptors (Lipinski definition) is 4. The monoisotopic (exact) mass is 297 g/mol. The van der Waals surface area contributed by atoms with Gasteiger partial charge in [-0.1, -0.05) is 23.2 Å². The standard InChI is InChI=1S/C12H9Cl2N3O2/c13-7-1-6-4-17(5-15-11(6)8(14)2-7)9-3-10(18)16-12(9)19/h1-3,5,16,18-19H,4H2. The lowest BCUT2D eigenvalue weighted by Crippen LogP contribution is -2.22. The summed E-state index contributed by atoms with van der Waals surface area (Å²) in [6, 6.07) is 4.82. The number of aromatic hydroxyl groups is 2. The van der Waals surface area contributed by atoms with E-state index in [2.05, 4.69) is 9.98 Å². The number of aromatic amines is 1. The Morgan fingerprint density at radius 3 is 2.68 bits per heavy atom. The molecule has 0 saturated heterocycles. The molecule has 0 bridgehead atoms. The number of nitrogens with one attached hydrogen (secondary N) is 1. The minimum absolute atomic E-state index is 0.115. The zero-order valence-corrected chi connectivity index (χ0v) is 11.1. The fourth-order valence-corrected chi connectivity index (χ4v) is 2.61. The van der Waals surface area contributed by atoms with Crippen molar-refractivity contribution in [1.82, 2.24) is 4.98 Å². The molecule has 7 heteroatoms. The van der Waals surface area contributed by atoms with E-state index in [0.29, 0.717) is 28.0 Å². The molecule has 5 nitrogen and oxygen atoms in total. The molecule has 1 aromatic carbocycles. The van der Waals surface area contributed by atoms with Gasteiger partial charge in [0.05, 0.1) is 23.6 Å². The van der Waals surface area contributed by atoms with E-state index in [-0.39, 0.29) is 11.8 Å². The number of halogens is 2. The molecule has 2 heterocycles. The van der Waals surface area contributed by atoms with Gasteiger partial charge in [-0.25, -0.2) is 4.99 Å². The van der Waals surface area contributed by atoms with Gasteiger partial charge >= 0.3 is 0 Å². The third-order valence-corrected chi connectivity index (χ3v) is 3.35. The van der Waals surface area contributed by atoms with Crippen LogP contribution in [0.2, 0.25) is 10.0 Å². The highest BCUT2D eigenvalue weighted by molar-refractivity contribution is 6.36. The van der Waals surface area contributed by atoms with Gasteiger partial charge in [0.1, 0.15) is 5.69 Å². The highest BCUT2D eigenvalue weighted by Crippen LogP contribution is 2.38. The normalized spacial score (nSPS) is 13.7. The zero-order valence-electron chi connectivity index (χ0n) is 9.56. The lowest BCUT2D eigenvalue weighted by Gasteiger charge is -2.24. The van der Waals surface area contributed by atoms with Gasteiger partial charge in [0, 0.05) is 16.7 Å². The summed E-state index contributed by atoms with van der Waals surface area (Å²) >= 11 is 12.0. The van der Waals surface area contributed by atoms with E-state index in [1.54, 1.807) is 23.4 Å². The molecule has 0 atom stereocenters. The molecule has 0 aliphatic carbocycles. The summed E-state index contributed by atoms with van der Waals surface area (Å²) in [5.74, 6) is -0.239. The molecule has 19 heavy (non-hydrogen) atoms. The van der Waals surface area contributed by atoms with Crippen LogP contribution in [0.1, 0.15) is 5.56 Å². The van der Waals surface area contributed by atoms with Crippen LogP contribution >= 0.6 is 23.2 Å². The number of nitrogens with zero attached hydrogens (tertiary/aromatic N) is 2. The van der Waals surface area contributed by atoms with Crippen molar-refractivity contribution < 1.29 is 10.2 Å². The van der Waals surface area contributed by atoms with E-state index in [4.69, 9.17) is 23.2 Å². The van der Waals surface area contributed by atoms with E-state index >= 15 is 0 Å². The first kappa shape index (κ1) is 12.2. The highest BCUT2D eigenvalue weighted by atomic mass is 35.5. The Bertz CT molecular complexity index is 682. The molecule has 0 unspecified atom stereocenters. The Balaban J connectivity index is 2.01. The van der Waals surface area contributed by atoms with Gasteiger partial charge in [0.25, 0.3) is 0 Å². The van der Waals surface area contributed by atoms with E-state index < -0.39 is 0 Å². The van der Waals surface area contributed by atoms with E-state index in [0.717, 1.165) is 5.56 Å². The number of H-pyrrole nitrogens is 1. The summed E-state index contributed by atoms with van der Waals surface area (Å²) in [4.78, 5) is 8.33. The van der Waals surface area contributed by atoms with Gasteiger partial charge < -0.3 is 15.1 Å². The van der Waals surface area contributed by atoms with Gasteiger partial charge in [-0.2, -0.15) is 0 Å². The number of anilines is 1. The molecule has 0 saturated carbocycles. The van der Waals surface area contributed by atoms with Crippen LogP contribution in [0.25, 0.3) is 0 Å². The molecular weight excluding hydrogens is 289 g/mol. The second-order valence-corrected chi connectivity index (χ2v) is 5.00. The molecule has 2 aromatic rings. The van der Waals surface area contributed by atoms with Crippen LogP contribution in [0.15, 0.2) is 23.2 Å². The summed E-state index contributed by atoms with van der Waals surface area (Å²) in [6.07, 6.45) is 1.55. The highest BCUT2D eigenvalue weighted by Gasteiger charge is 2.20. The molecule has 3 rings (SSSR count). The second kappa shape index (κ2) is 4.36. The summed E-state index contributed by atoms with van der Waals surface area (Å²) in [5.41, 5.74) is 1.95. The van der Waals surface area contributed by atoms with Gasteiger partial charge in [-0.3, -0.25) is 4.98 Å². The maximum Gasteiger partial charge on any atom is 0.215 e. The zero-order chi connectivity index (χ0) is 13.6. The van der Waals surface area contributed by atoms with Crippen LogP contribution in [0.5, 0.6) is 11.8 Å². The largest absolute Gasteiger partial charge is 0.494 e. The molecule has 1 aromatic heterocycles. The van der Waals surface area contributed by atoms with Crippen LogP contribution in [0.3, 0.4) is 0 Å². The smallest absolute Gasteiger partial charge is 0.215 e. The molecule has 0 radical (unpaired) electrons. The summed E-state index contributed by atoms with van der Waals surface area (Å²) < 4.78 is 0. The predicted octanol–water partition coefficient (Wildman–Crippen LogP) is 3.41. The SMILES string of the molecule is Oc1cc(N2C=Nc3c(Cl)cc(Cl)cc3C2)c(O)[nH]1. The fourth-order valence-electron chi connectivity index (χ4n) is 2.02. The first-order valence-electron chi connectivity index (χ1n) is 5.44. The summed E-state index contributed by atoms with van der Waals surface area (Å²) in [6.45, 7) is 0.448. The molecular formula is C12H9Cl2N3O2. The molecule has 0 spiro atoms. The average molecular weight is 298 g/mol. The van der Waals surface area contributed by atoms with Crippen LogP contribution < -0.4 is 4.90 Å². The average Bonchev–Trinajstić information content (AvgIpc) is 2.67. The van der Waals surface area contributed by atoms with Gasteiger partial charge in [-0.15, -0.1) is 0 Å². The fraction of sp³-hybridized carbons (Fsp3) is 0.0833. The number of rotatable bonds is 1. The maximum absolute atomic E-state index is 9.67. The van der Waals surface area contributed by atoms with Crippen molar-refractivity contribution in [2.24, 2.45) is 4.99 Å². The van der Waals surface area contributed by atoms with E-state index in [1.165, 1.54) is 6.07 Å². The molecule has 1 aliphatic heterocycles. The van der Waals surface area contributed by atoms with Crippen molar-refractivity contribution in [2.45, 2.75) is 6.54 Å². The van der Waals surface area contributed by atoms with Crippen LogP contribution in [-0.4, -0.2) is 21.5 Å². The Morgan fingerprint density at radius 2 is 2.00 bits per heavy atom. The molecule has 3 N–H and O–H groups in total. The molecule has 98 valence electrons. The second-order valence-electron chi connectivity index (χ2n) is 4.16. The van der Waals surface area contributed by atoms with Crippen molar-refractivity contribution in [1.29, 1.82) is 0 Å². The molecule has 0 amide bonds. The van der Waals surface area contributed by atoms with Gasteiger partial charge in [0.15, 0.2) is 5.88 Å². The third kappa shape index (κ3) is 2.11. The predicted molar refractivity (Wildman–Crippen MR) is 74.9 cm³/mol. The Morgan fingerprint density at radius 1 is 1.21 bits per heavy atom. The summed E-state index contributed by atoms with van der Waals surface area (Å²) in [5, 5.41) is 20.0. The number of aromatic nitrogens is 1. The first-order valence-corrected chi connectivity index (χ1v) is 6.20. The first-order chi connectivity index (χ1) is 9.04. The minimum Gasteiger partial charge on any atom is -0.494 e. The van der Waals surface area contributed by atoms with Crippen LogP contribution in [0, 0.1) is 0 Å².